The maximum Gasteiger partial charge on any atom is 0.406 e. The van der Waals surface area contributed by atoms with Crippen LogP contribution in [0.4, 0.5) is 24.5 Å². The molecule has 0 aliphatic heterocycles. The van der Waals surface area contributed by atoms with E-state index in [1.165, 1.54) is 18.4 Å². The van der Waals surface area contributed by atoms with Crippen LogP contribution in [0.15, 0.2) is 47.4 Å². The van der Waals surface area contributed by atoms with Crippen molar-refractivity contribution in [2.45, 2.75) is 24.2 Å². The average Bonchev–Trinajstić information content (AvgIpc) is 3.36. The smallest absolute Gasteiger partial charge is 0.406 e. The third-order valence-electron chi connectivity index (χ3n) is 4.94. The second kappa shape index (κ2) is 9.12. The van der Waals surface area contributed by atoms with Gasteiger partial charge in [0, 0.05) is 17.1 Å². The molecule has 174 valence electrons. The first-order valence-electron chi connectivity index (χ1n) is 9.69. The van der Waals surface area contributed by atoms with Crippen molar-refractivity contribution < 1.29 is 22.5 Å². The highest BCUT2D eigenvalue weighted by Crippen LogP contribution is 2.35. The molecule has 4 rings (SSSR count). The van der Waals surface area contributed by atoms with Crippen molar-refractivity contribution in [3.05, 3.63) is 47.5 Å². The minimum atomic E-state index is -4.41. The fourth-order valence-electron chi connectivity index (χ4n) is 3.43. The van der Waals surface area contributed by atoms with Gasteiger partial charge in [-0.05, 0) is 41.5 Å². The molecule has 0 saturated carbocycles. The van der Waals surface area contributed by atoms with Crippen LogP contribution in [0.2, 0.25) is 0 Å². The van der Waals surface area contributed by atoms with E-state index in [9.17, 15) is 17.7 Å². The lowest BCUT2D eigenvalue weighted by molar-refractivity contribution is -0.139. The number of hydrogen-bond acceptors (Lipinski definition) is 7. The van der Waals surface area contributed by atoms with Crippen molar-refractivity contribution in [3.8, 4) is 16.5 Å². The molecule has 2 aromatic heterocycles. The Balaban J connectivity index is 1.62. The standard InChI is InChI=1S/C21H20F3N5O2S2/c1-31-18-8-12(33(2)30)6-7-15(18)26-10-19-27-28-20(32-19)17-9-13-14(25)4-3-5-16(13)29(17)11-21(22,23)24/h3-9,26H,10-11,25H2,1-2H3. The fraction of sp³-hybridized carbons (Fsp3) is 0.238. The SMILES string of the molecule is COc1cc([S+](C)[O-])ccc1NCc1nnc(-c2cc3c(N)cccc3n2CC(F)(F)F)s1. The number of hydrogen-bond donors (Lipinski definition) is 2. The van der Waals surface area contributed by atoms with Crippen LogP contribution in [-0.2, 0) is 24.3 Å². The summed E-state index contributed by atoms with van der Waals surface area (Å²) >= 11 is 0.0401. The number of rotatable bonds is 7. The number of fused-ring (bicyclic) bond motifs is 1. The predicted molar refractivity (Wildman–Crippen MR) is 124 cm³/mol. The van der Waals surface area contributed by atoms with Gasteiger partial charge in [0.1, 0.15) is 23.6 Å². The molecule has 33 heavy (non-hydrogen) atoms. The molecular weight excluding hydrogens is 475 g/mol. The van der Waals surface area contributed by atoms with Crippen LogP contribution in [0.5, 0.6) is 5.75 Å². The number of ether oxygens (including phenoxy) is 1. The van der Waals surface area contributed by atoms with Crippen molar-refractivity contribution >= 4 is 44.8 Å². The lowest BCUT2D eigenvalue weighted by Crippen LogP contribution is -2.18. The molecule has 0 bridgehead atoms. The molecule has 1 unspecified atom stereocenters. The summed E-state index contributed by atoms with van der Waals surface area (Å²) in [6.07, 6.45) is -2.83. The zero-order chi connectivity index (χ0) is 23.8. The molecule has 0 fully saturated rings. The molecule has 0 spiro atoms. The number of nitrogens with one attached hydrogen (secondary N) is 1. The monoisotopic (exact) mass is 495 g/mol. The average molecular weight is 496 g/mol. The first-order chi connectivity index (χ1) is 15.7. The van der Waals surface area contributed by atoms with Crippen molar-refractivity contribution in [2.75, 3.05) is 24.4 Å². The Bertz CT molecular complexity index is 1290. The van der Waals surface area contributed by atoms with Crippen LogP contribution in [-0.4, -0.2) is 38.9 Å². The van der Waals surface area contributed by atoms with E-state index in [0.717, 1.165) is 4.57 Å². The summed E-state index contributed by atoms with van der Waals surface area (Å²) in [5, 5.41) is 12.9. The number of nitrogens with two attached hydrogens (primary N) is 1. The lowest BCUT2D eigenvalue weighted by Gasteiger charge is -2.12. The second-order valence-electron chi connectivity index (χ2n) is 7.18. The van der Waals surface area contributed by atoms with E-state index in [2.05, 4.69) is 15.5 Å². The van der Waals surface area contributed by atoms with Crippen LogP contribution < -0.4 is 15.8 Å². The number of aromatic nitrogens is 3. The van der Waals surface area contributed by atoms with Gasteiger partial charge in [0.15, 0.2) is 9.90 Å². The van der Waals surface area contributed by atoms with Gasteiger partial charge in [0.05, 0.1) is 30.6 Å². The van der Waals surface area contributed by atoms with Gasteiger partial charge in [-0.1, -0.05) is 17.4 Å². The van der Waals surface area contributed by atoms with Crippen molar-refractivity contribution in [2.24, 2.45) is 0 Å². The van der Waals surface area contributed by atoms with Gasteiger partial charge >= 0.3 is 6.18 Å². The molecule has 12 heteroatoms. The molecule has 0 saturated heterocycles. The summed E-state index contributed by atoms with van der Waals surface area (Å²) in [4.78, 5) is 0.632. The van der Waals surface area contributed by atoms with Gasteiger partial charge < -0.3 is 24.9 Å². The van der Waals surface area contributed by atoms with E-state index in [1.54, 1.807) is 48.7 Å². The van der Waals surface area contributed by atoms with E-state index in [-0.39, 0.29) is 6.54 Å². The number of anilines is 2. The van der Waals surface area contributed by atoms with Crippen LogP contribution in [0, 0.1) is 0 Å². The van der Waals surface area contributed by atoms with Crippen molar-refractivity contribution in [1.29, 1.82) is 0 Å². The Hall–Kier alpha value is -2.96. The summed E-state index contributed by atoms with van der Waals surface area (Å²) in [5.41, 5.74) is 7.73. The van der Waals surface area contributed by atoms with Crippen LogP contribution in [0.3, 0.4) is 0 Å². The first kappa shape index (κ1) is 23.2. The van der Waals surface area contributed by atoms with E-state index in [0.29, 0.717) is 48.6 Å². The third-order valence-corrected chi connectivity index (χ3v) is 6.80. The van der Waals surface area contributed by atoms with Gasteiger partial charge in [-0.3, -0.25) is 0 Å². The van der Waals surface area contributed by atoms with Crippen LogP contribution in [0.1, 0.15) is 5.01 Å². The molecule has 0 aliphatic carbocycles. The van der Waals surface area contributed by atoms with Gasteiger partial charge in [-0.2, -0.15) is 13.2 Å². The highest BCUT2D eigenvalue weighted by atomic mass is 32.2. The Morgan fingerprint density at radius 3 is 2.70 bits per heavy atom. The van der Waals surface area contributed by atoms with Gasteiger partial charge in [0.25, 0.3) is 0 Å². The number of methoxy groups -OCH3 is 1. The largest absolute Gasteiger partial charge is 0.612 e. The lowest BCUT2D eigenvalue weighted by atomic mass is 10.2. The second-order valence-corrected chi connectivity index (χ2v) is 9.62. The van der Waals surface area contributed by atoms with Gasteiger partial charge in [0.2, 0.25) is 0 Å². The minimum Gasteiger partial charge on any atom is -0.612 e. The quantitative estimate of drug-likeness (QED) is 0.286. The predicted octanol–water partition coefficient (Wildman–Crippen LogP) is 4.66. The molecule has 0 aliphatic rings. The molecule has 4 aromatic rings. The van der Waals surface area contributed by atoms with Crippen LogP contribution >= 0.6 is 11.3 Å². The summed E-state index contributed by atoms with van der Waals surface area (Å²) in [5.74, 6) is 0.521. The van der Waals surface area contributed by atoms with Crippen molar-refractivity contribution in [1.82, 2.24) is 14.8 Å². The maximum absolute atomic E-state index is 13.3. The maximum atomic E-state index is 13.3. The molecule has 1 atom stereocenters. The van der Waals surface area contributed by atoms with E-state index in [4.69, 9.17) is 10.5 Å². The fourth-order valence-corrected chi connectivity index (χ4v) is 4.77. The van der Waals surface area contributed by atoms with E-state index >= 15 is 0 Å². The highest BCUT2D eigenvalue weighted by Gasteiger charge is 2.31. The van der Waals surface area contributed by atoms with Gasteiger partial charge in [-0.25, -0.2) is 0 Å². The normalized spacial score (nSPS) is 12.8. The molecule has 0 radical (unpaired) electrons. The van der Waals surface area contributed by atoms with Crippen LogP contribution in [0.25, 0.3) is 21.6 Å². The Kier molecular flexibility index (Phi) is 6.41. The molecule has 3 N–H and O–H groups in total. The molecule has 2 aromatic carbocycles. The highest BCUT2D eigenvalue weighted by molar-refractivity contribution is 7.90. The number of nitrogen functional groups attached to an aromatic ring is 1. The Morgan fingerprint density at radius 1 is 1.21 bits per heavy atom. The molecule has 0 amide bonds. The summed E-state index contributed by atoms with van der Waals surface area (Å²) in [6.45, 7) is -0.880. The van der Waals surface area contributed by atoms with Gasteiger partial charge in [-0.15, -0.1) is 10.2 Å². The number of halogens is 3. The minimum absolute atomic E-state index is 0.282. The third kappa shape index (κ3) is 5.02. The topological polar surface area (TPSA) is 101 Å². The molecule has 7 nitrogen and oxygen atoms in total. The number of benzene rings is 2. The van der Waals surface area contributed by atoms with E-state index < -0.39 is 23.9 Å². The number of nitrogens with zero attached hydrogens (tertiary/aromatic N) is 3. The van der Waals surface area contributed by atoms with Crippen molar-refractivity contribution in [3.63, 3.8) is 0 Å². The summed E-state index contributed by atoms with van der Waals surface area (Å²) in [6, 6.07) is 11.6. The number of alkyl halides is 3. The Morgan fingerprint density at radius 2 is 2.00 bits per heavy atom. The molecular formula is C21H20F3N5O2S2. The summed E-state index contributed by atoms with van der Waals surface area (Å²) in [7, 11) is 1.51. The zero-order valence-electron chi connectivity index (χ0n) is 17.6. The van der Waals surface area contributed by atoms with E-state index in [1.807, 2.05) is 0 Å². The Labute approximate surface area is 194 Å². The molecule has 2 heterocycles. The zero-order valence-corrected chi connectivity index (χ0v) is 19.3. The summed E-state index contributed by atoms with van der Waals surface area (Å²) < 4.78 is 58.0. The first-order valence-corrected chi connectivity index (χ1v) is 12.1.